The lowest BCUT2D eigenvalue weighted by molar-refractivity contribution is -0.183. The van der Waals surface area contributed by atoms with Crippen molar-refractivity contribution >= 4 is 46.9 Å². The molecule has 3 heterocycles. The fourth-order valence-electron chi connectivity index (χ4n) is 9.07. The maximum absolute atomic E-state index is 13.9. The number of hydrogen-bond donors (Lipinski definition) is 5. The van der Waals surface area contributed by atoms with Gasteiger partial charge in [0, 0.05) is 43.0 Å². The van der Waals surface area contributed by atoms with Crippen molar-refractivity contribution in [1.82, 2.24) is 31.2 Å². The van der Waals surface area contributed by atoms with Crippen LogP contribution >= 0.6 is 11.3 Å². The van der Waals surface area contributed by atoms with Crippen molar-refractivity contribution in [3.05, 3.63) is 112 Å². The van der Waals surface area contributed by atoms with Crippen LogP contribution < -0.4 is 26.0 Å². The van der Waals surface area contributed by atoms with E-state index in [0.29, 0.717) is 24.2 Å². The van der Waals surface area contributed by atoms with Gasteiger partial charge in [0.25, 0.3) is 5.91 Å². The van der Waals surface area contributed by atoms with Gasteiger partial charge in [-0.2, -0.15) is 13.2 Å². The highest BCUT2D eigenvalue weighted by Gasteiger charge is 2.45. The largest absolute Gasteiger partial charge is 0.495 e. The number of nitrogens with zero attached hydrogens (tertiary/aromatic N) is 2. The number of nitrogens with one attached hydrogen (secondary N) is 4. The Labute approximate surface area is 446 Å². The predicted molar refractivity (Wildman–Crippen MR) is 282 cm³/mol. The smallest absolute Gasteiger partial charge is 0.391 e. The summed E-state index contributed by atoms with van der Waals surface area (Å²) < 4.78 is 61.4. The molecule has 2 aromatic heterocycles. The third-order valence-corrected chi connectivity index (χ3v) is 14.4. The van der Waals surface area contributed by atoms with Crippen LogP contribution in [-0.4, -0.2) is 129 Å². The number of aliphatic hydroxyl groups excluding tert-OH is 1. The number of β-amino-alcohol motifs (C(OH)–C–C–N with tert-alkyl or cyclic N) is 1. The number of alkyl halides is 3. The number of methoxy groups -OCH3 is 1. The molecule has 0 unspecified atom stereocenters. The molecule has 412 valence electrons. The van der Waals surface area contributed by atoms with E-state index in [2.05, 4.69) is 39.2 Å². The van der Waals surface area contributed by atoms with Crippen LogP contribution in [0.1, 0.15) is 91.2 Å². The average Bonchev–Trinajstić information content (AvgIpc) is 4.02. The minimum Gasteiger partial charge on any atom is -0.495 e. The first kappa shape index (κ1) is 59.1. The van der Waals surface area contributed by atoms with Gasteiger partial charge in [-0.05, 0) is 89.3 Å². The number of likely N-dealkylation sites (tertiary alicyclic amines) is 1. The van der Waals surface area contributed by atoms with Crippen molar-refractivity contribution in [2.45, 2.75) is 104 Å². The van der Waals surface area contributed by atoms with Gasteiger partial charge < -0.3 is 50.2 Å². The monoisotopic (exact) mass is 1080 g/mol. The van der Waals surface area contributed by atoms with Crippen LogP contribution in [0.3, 0.4) is 0 Å². The molecule has 1 saturated carbocycles. The van der Waals surface area contributed by atoms with E-state index >= 15 is 0 Å². The number of aliphatic hydroxyl groups is 1. The van der Waals surface area contributed by atoms with Gasteiger partial charge in [0.15, 0.2) is 0 Å². The van der Waals surface area contributed by atoms with Crippen LogP contribution in [0.4, 0.5) is 13.2 Å². The lowest BCUT2D eigenvalue weighted by Gasteiger charge is -2.35. The molecule has 1 aliphatic carbocycles. The normalized spacial score (nSPS) is 18.3. The van der Waals surface area contributed by atoms with E-state index in [1.165, 1.54) is 28.6 Å². The maximum Gasteiger partial charge on any atom is 0.391 e. The van der Waals surface area contributed by atoms with Crippen molar-refractivity contribution in [2.75, 3.05) is 59.8 Å². The molecule has 5 N–H and O–H groups in total. The number of carbonyl (C=O) groups excluding carboxylic acids is 5. The van der Waals surface area contributed by atoms with Crippen molar-refractivity contribution < 1.29 is 61.2 Å². The predicted octanol–water partition coefficient (Wildman–Crippen LogP) is 6.96. The molecule has 0 bridgehead atoms. The number of pyridine rings is 1. The van der Waals surface area contributed by atoms with Crippen LogP contribution in [0.2, 0.25) is 0 Å². The number of hydrogen-bond acceptors (Lipinski definition) is 12. The number of allylic oxidation sites excluding steroid dienone is 1. The summed E-state index contributed by atoms with van der Waals surface area (Å²) in [6.45, 7) is 8.86. The number of rotatable bonds is 25. The van der Waals surface area contributed by atoms with Gasteiger partial charge in [-0.1, -0.05) is 81.5 Å². The van der Waals surface area contributed by atoms with Crippen LogP contribution in [0, 0.1) is 24.2 Å². The minimum atomic E-state index is -4.17. The van der Waals surface area contributed by atoms with E-state index in [1.54, 1.807) is 29.5 Å². The van der Waals surface area contributed by atoms with Gasteiger partial charge in [0.2, 0.25) is 23.6 Å². The number of aryl methyl sites for hydroxylation is 1. The van der Waals surface area contributed by atoms with E-state index in [-0.39, 0.29) is 115 Å². The Balaban J connectivity index is 0.818. The summed E-state index contributed by atoms with van der Waals surface area (Å²) in [5.41, 5.74) is 4.73. The Bertz CT molecular complexity index is 2600. The highest BCUT2D eigenvalue weighted by molar-refractivity contribution is 7.13. The standard InChI is InChI=1S/C56H71F3N6O10S/c1-36-19-26-76-50(36)41-14-10-38(11-15-41)31-63-53(70)46-30-44(66)34-65(46)54(71)51(55(2,3)4)64-49(68)35-75-25-24-74-23-22-73-21-20-60-48(67)28-39-7-6-8-40(27-39)32-62-52(69)45-29-42(47(72-5)33-61-45)16-9-37-12-17-43(18-13-37)56(57,58)59/h6-11,14-16,19,26-27,29,33,37,43-44,46,51,66H,12-13,17-18,20-25,28,30-32,34-35H2,1-5H3,(H,60,67)(H,62,69)(H,63,70)(H,64,68)/b16-9+/t37-,43-,44-,46+,51-/m1/s1. The molecule has 1 saturated heterocycles. The number of aromatic nitrogens is 1. The minimum absolute atomic E-state index is 0.00396. The second kappa shape index (κ2) is 28.3. The van der Waals surface area contributed by atoms with Crippen molar-refractivity contribution in [3.8, 4) is 16.2 Å². The van der Waals surface area contributed by atoms with Crippen LogP contribution in [-0.2, 0) is 52.9 Å². The second-order valence-electron chi connectivity index (χ2n) is 20.2. The molecule has 0 radical (unpaired) electrons. The molecule has 4 aromatic rings. The Morgan fingerprint density at radius 2 is 1.53 bits per heavy atom. The maximum atomic E-state index is 13.9. The van der Waals surface area contributed by atoms with Gasteiger partial charge >= 0.3 is 6.18 Å². The van der Waals surface area contributed by atoms with Gasteiger partial charge in [-0.25, -0.2) is 4.98 Å². The summed E-state index contributed by atoms with van der Waals surface area (Å²) in [4.78, 5) is 72.9. The Hall–Kier alpha value is -6.19. The fourth-order valence-corrected chi connectivity index (χ4v) is 10.0. The molecular formula is C56H71F3N6O10S. The summed E-state index contributed by atoms with van der Waals surface area (Å²) in [5, 5.41) is 24.0. The fraction of sp³-hybridized carbons (Fsp3) is 0.500. The summed E-state index contributed by atoms with van der Waals surface area (Å²) in [6, 6.07) is 17.0. The van der Waals surface area contributed by atoms with E-state index in [4.69, 9.17) is 18.9 Å². The van der Waals surface area contributed by atoms with E-state index < -0.39 is 53.4 Å². The molecule has 76 heavy (non-hydrogen) atoms. The van der Waals surface area contributed by atoms with Crippen LogP contribution in [0.25, 0.3) is 16.5 Å². The molecule has 1 aliphatic heterocycles. The van der Waals surface area contributed by atoms with Crippen LogP contribution in [0.5, 0.6) is 5.75 Å². The molecule has 16 nitrogen and oxygen atoms in total. The number of amides is 5. The Morgan fingerprint density at radius 1 is 0.842 bits per heavy atom. The van der Waals surface area contributed by atoms with Crippen molar-refractivity contribution in [2.24, 2.45) is 17.3 Å². The highest BCUT2D eigenvalue weighted by Crippen LogP contribution is 2.40. The second-order valence-corrected chi connectivity index (χ2v) is 21.2. The SMILES string of the molecule is COc1cnc(C(=O)NCc2cccc(CC(=O)NCCOCCOCCOCC(=O)N[C@H](C(=O)N3C[C@H](O)C[C@H]3C(=O)NCc3ccc(-c4sccc4C)cc3)C(C)(C)C)c2)cc1/C=C/[C@H]1CC[C@H](C(F)(F)F)CC1. The quantitative estimate of drug-likeness (QED) is 0.0429. The molecule has 2 aliphatic rings. The van der Waals surface area contributed by atoms with Gasteiger partial charge in [-0.3, -0.25) is 24.0 Å². The number of carbonyl (C=O) groups is 5. The number of thiophene rings is 1. The zero-order valence-corrected chi connectivity index (χ0v) is 44.7. The number of halogens is 3. The first-order chi connectivity index (χ1) is 36.3. The summed E-state index contributed by atoms with van der Waals surface area (Å²) in [7, 11) is 1.48. The molecule has 5 amide bonds. The third kappa shape index (κ3) is 18.0. The Kier molecular flexibility index (Phi) is 22.0. The summed E-state index contributed by atoms with van der Waals surface area (Å²) in [6.07, 6.45) is 1.26. The number of benzene rings is 2. The lowest BCUT2D eigenvalue weighted by Crippen LogP contribution is -2.58. The summed E-state index contributed by atoms with van der Waals surface area (Å²) in [5.74, 6) is -2.84. The first-order valence-electron chi connectivity index (χ1n) is 25.6. The topological polar surface area (TPSA) is 207 Å². The van der Waals surface area contributed by atoms with Crippen molar-refractivity contribution in [3.63, 3.8) is 0 Å². The zero-order valence-electron chi connectivity index (χ0n) is 43.8. The molecule has 6 rings (SSSR count). The molecule has 2 fully saturated rings. The first-order valence-corrected chi connectivity index (χ1v) is 26.5. The lowest BCUT2D eigenvalue weighted by atomic mass is 9.81. The van der Waals surface area contributed by atoms with Crippen LogP contribution in [0.15, 0.2) is 78.3 Å². The van der Waals surface area contributed by atoms with E-state index in [9.17, 15) is 42.3 Å². The molecular weight excluding hydrogens is 1010 g/mol. The molecule has 0 spiro atoms. The van der Waals surface area contributed by atoms with Gasteiger partial charge in [0.1, 0.15) is 30.1 Å². The average molecular weight is 1080 g/mol. The Morgan fingerprint density at radius 3 is 2.20 bits per heavy atom. The third-order valence-electron chi connectivity index (χ3n) is 13.3. The zero-order chi connectivity index (χ0) is 54.8. The summed E-state index contributed by atoms with van der Waals surface area (Å²) >= 11 is 1.67. The number of ether oxygens (including phenoxy) is 4. The molecule has 2 aromatic carbocycles. The molecule has 20 heteroatoms. The van der Waals surface area contributed by atoms with E-state index in [1.807, 2.05) is 74.7 Å². The van der Waals surface area contributed by atoms with Gasteiger partial charge in [-0.15, -0.1) is 11.3 Å². The van der Waals surface area contributed by atoms with Crippen molar-refractivity contribution in [1.29, 1.82) is 0 Å². The highest BCUT2D eigenvalue weighted by atomic mass is 32.1. The van der Waals surface area contributed by atoms with E-state index in [0.717, 1.165) is 22.3 Å². The van der Waals surface area contributed by atoms with Gasteiger partial charge in [0.05, 0.1) is 64.8 Å². The molecule has 3 atom stereocenters.